The van der Waals surface area contributed by atoms with E-state index in [2.05, 4.69) is 10.3 Å². The number of halogens is 1. The van der Waals surface area contributed by atoms with Gasteiger partial charge in [0, 0.05) is 0 Å². The van der Waals surface area contributed by atoms with E-state index < -0.39 is 5.97 Å². The van der Waals surface area contributed by atoms with Crippen LogP contribution in [0.5, 0.6) is 0 Å². The monoisotopic (exact) mass is 293 g/mol. The van der Waals surface area contributed by atoms with Gasteiger partial charge in [-0.05, 0) is 19.1 Å². The lowest BCUT2D eigenvalue weighted by molar-refractivity contribution is -0.116. The maximum atomic E-state index is 11.9. The minimum atomic E-state index is -1.13. The predicted octanol–water partition coefficient (Wildman–Crippen LogP) is 2.18. The maximum Gasteiger partial charge on any atom is 0.354 e. The van der Waals surface area contributed by atoms with E-state index in [4.69, 9.17) is 16.7 Å². The van der Waals surface area contributed by atoms with E-state index in [1.165, 1.54) is 10.8 Å². The van der Waals surface area contributed by atoms with Crippen LogP contribution in [0.15, 0.2) is 30.5 Å². The molecule has 1 aromatic carbocycles. The lowest BCUT2D eigenvalue weighted by Gasteiger charge is -2.10. The van der Waals surface area contributed by atoms with Crippen molar-refractivity contribution in [1.82, 2.24) is 9.55 Å². The third-order valence-electron chi connectivity index (χ3n) is 2.72. The van der Waals surface area contributed by atoms with Gasteiger partial charge in [-0.2, -0.15) is 0 Å². The number of nitrogens with zero attached hydrogens (tertiary/aromatic N) is 2. The molecule has 0 radical (unpaired) electrons. The van der Waals surface area contributed by atoms with E-state index in [-0.39, 0.29) is 18.1 Å². The number of hydrogen-bond acceptors (Lipinski definition) is 3. The molecular formula is C13H12ClN3O3. The minimum absolute atomic E-state index is 0.0307. The second-order valence-electron chi connectivity index (χ2n) is 4.11. The number of carboxylic acids is 1. The van der Waals surface area contributed by atoms with Crippen molar-refractivity contribution in [3.8, 4) is 0 Å². The van der Waals surface area contributed by atoms with Crippen molar-refractivity contribution in [3.63, 3.8) is 0 Å². The lowest BCUT2D eigenvalue weighted by atomic mass is 10.3. The first kappa shape index (κ1) is 14.1. The average Bonchev–Trinajstić information content (AvgIpc) is 2.74. The highest BCUT2D eigenvalue weighted by atomic mass is 35.5. The number of hydrogen-bond donors (Lipinski definition) is 2. The molecule has 2 rings (SSSR count). The number of carbonyl (C=O) groups excluding carboxylic acids is 1. The molecule has 2 aromatic rings. The smallest absolute Gasteiger partial charge is 0.354 e. The number of aromatic carboxylic acids is 1. The van der Waals surface area contributed by atoms with Gasteiger partial charge in [0.25, 0.3) is 0 Å². The Labute approximate surface area is 120 Å². The number of nitrogens with one attached hydrogen (secondary N) is 1. The number of amides is 1. The van der Waals surface area contributed by atoms with Crippen LogP contribution < -0.4 is 5.32 Å². The van der Waals surface area contributed by atoms with Gasteiger partial charge in [-0.3, -0.25) is 4.79 Å². The lowest BCUT2D eigenvalue weighted by Crippen LogP contribution is -2.22. The normalized spacial score (nSPS) is 10.3. The van der Waals surface area contributed by atoms with E-state index >= 15 is 0 Å². The third kappa shape index (κ3) is 2.97. The van der Waals surface area contributed by atoms with Gasteiger partial charge >= 0.3 is 5.97 Å². The zero-order valence-corrected chi connectivity index (χ0v) is 11.4. The zero-order chi connectivity index (χ0) is 14.7. The molecule has 20 heavy (non-hydrogen) atoms. The molecule has 0 atom stereocenters. The fraction of sp³-hybridized carbons (Fsp3) is 0.154. The standard InChI is InChI=1S/C13H12ClN3O3/c1-8-15-6-11(13(19)20)17(8)7-12(18)16-10-5-3-2-4-9(10)14/h2-6H,7H2,1H3,(H,16,18)(H,19,20). The van der Waals surface area contributed by atoms with Crippen LogP contribution in [-0.4, -0.2) is 26.5 Å². The molecule has 1 aromatic heterocycles. The summed E-state index contributed by atoms with van der Waals surface area (Å²) >= 11 is 5.94. The van der Waals surface area contributed by atoms with E-state index in [0.29, 0.717) is 16.5 Å². The number of rotatable bonds is 4. The number of carboxylic acid groups (broad SMARTS) is 1. The van der Waals surface area contributed by atoms with Gasteiger partial charge in [0.05, 0.1) is 16.9 Å². The molecule has 0 spiro atoms. The Kier molecular flexibility index (Phi) is 4.05. The summed E-state index contributed by atoms with van der Waals surface area (Å²) in [5, 5.41) is 12.1. The number of carbonyl (C=O) groups is 2. The van der Waals surface area contributed by atoms with Gasteiger partial charge in [0.2, 0.25) is 5.91 Å². The summed E-state index contributed by atoms with van der Waals surface area (Å²) in [5.74, 6) is -1.05. The topological polar surface area (TPSA) is 84.2 Å². The molecule has 6 nitrogen and oxygen atoms in total. The average molecular weight is 294 g/mol. The Morgan fingerprint density at radius 2 is 2.10 bits per heavy atom. The molecule has 0 aliphatic heterocycles. The minimum Gasteiger partial charge on any atom is -0.477 e. The molecule has 0 saturated carbocycles. The SMILES string of the molecule is Cc1ncc(C(=O)O)n1CC(=O)Nc1ccccc1Cl. The van der Waals surface area contributed by atoms with Crippen molar-refractivity contribution >= 4 is 29.2 Å². The predicted molar refractivity (Wildman–Crippen MR) is 74.0 cm³/mol. The quantitative estimate of drug-likeness (QED) is 0.905. The number of benzene rings is 1. The van der Waals surface area contributed by atoms with Crippen LogP contribution >= 0.6 is 11.6 Å². The molecule has 0 aliphatic carbocycles. The van der Waals surface area contributed by atoms with E-state index in [1.807, 2.05) is 0 Å². The summed E-state index contributed by atoms with van der Waals surface area (Å²) in [7, 11) is 0. The summed E-state index contributed by atoms with van der Waals surface area (Å²) in [6.07, 6.45) is 1.22. The van der Waals surface area contributed by atoms with Crippen molar-refractivity contribution in [1.29, 1.82) is 0 Å². The molecular weight excluding hydrogens is 282 g/mol. The number of aromatic nitrogens is 2. The van der Waals surface area contributed by atoms with Crippen LogP contribution in [0.3, 0.4) is 0 Å². The Morgan fingerprint density at radius 1 is 1.40 bits per heavy atom. The van der Waals surface area contributed by atoms with Crippen LogP contribution in [0.4, 0.5) is 5.69 Å². The summed E-state index contributed by atoms with van der Waals surface area (Å²) in [4.78, 5) is 26.9. The molecule has 0 unspecified atom stereocenters. The molecule has 1 amide bonds. The largest absolute Gasteiger partial charge is 0.477 e. The molecule has 2 N–H and O–H groups in total. The van der Waals surface area contributed by atoms with Crippen LogP contribution in [0.2, 0.25) is 5.02 Å². The van der Waals surface area contributed by atoms with Gasteiger partial charge < -0.3 is 15.0 Å². The van der Waals surface area contributed by atoms with Gasteiger partial charge in [0.15, 0.2) is 0 Å². The highest BCUT2D eigenvalue weighted by Crippen LogP contribution is 2.20. The van der Waals surface area contributed by atoms with Gasteiger partial charge in [-0.1, -0.05) is 23.7 Å². The Bertz CT molecular complexity index is 667. The maximum absolute atomic E-state index is 11.9. The summed E-state index contributed by atoms with van der Waals surface area (Å²) in [5.41, 5.74) is 0.450. The van der Waals surface area contributed by atoms with Crippen LogP contribution in [0, 0.1) is 6.92 Å². The second kappa shape index (κ2) is 5.75. The number of para-hydroxylation sites is 1. The fourth-order valence-corrected chi connectivity index (χ4v) is 1.92. The number of aryl methyl sites for hydroxylation is 1. The van der Waals surface area contributed by atoms with Crippen LogP contribution in [0.1, 0.15) is 16.3 Å². The van der Waals surface area contributed by atoms with Crippen LogP contribution in [-0.2, 0) is 11.3 Å². The van der Waals surface area contributed by atoms with Crippen LogP contribution in [0.25, 0.3) is 0 Å². The van der Waals surface area contributed by atoms with E-state index in [0.717, 1.165) is 0 Å². The molecule has 0 aliphatic rings. The number of anilines is 1. The summed E-state index contributed by atoms with van der Waals surface area (Å²) < 4.78 is 1.33. The van der Waals surface area contributed by atoms with Crippen molar-refractivity contribution in [2.24, 2.45) is 0 Å². The molecule has 0 fully saturated rings. The zero-order valence-electron chi connectivity index (χ0n) is 10.6. The Balaban J connectivity index is 2.15. The molecule has 1 heterocycles. The highest BCUT2D eigenvalue weighted by molar-refractivity contribution is 6.33. The van der Waals surface area contributed by atoms with Gasteiger partial charge in [0.1, 0.15) is 18.1 Å². The Hall–Kier alpha value is -2.34. The van der Waals surface area contributed by atoms with Crippen molar-refractivity contribution in [3.05, 3.63) is 47.0 Å². The fourth-order valence-electron chi connectivity index (χ4n) is 1.73. The summed E-state index contributed by atoms with van der Waals surface area (Å²) in [6, 6.07) is 6.81. The first-order chi connectivity index (χ1) is 9.49. The molecule has 0 saturated heterocycles. The van der Waals surface area contributed by atoms with Crippen molar-refractivity contribution < 1.29 is 14.7 Å². The first-order valence-electron chi connectivity index (χ1n) is 5.79. The molecule has 0 bridgehead atoms. The highest BCUT2D eigenvalue weighted by Gasteiger charge is 2.16. The molecule has 7 heteroatoms. The number of imidazole rings is 1. The molecule has 104 valence electrons. The Morgan fingerprint density at radius 3 is 2.75 bits per heavy atom. The van der Waals surface area contributed by atoms with Crippen molar-refractivity contribution in [2.45, 2.75) is 13.5 Å². The van der Waals surface area contributed by atoms with E-state index in [1.54, 1.807) is 31.2 Å². The first-order valence-corrected chi connectivity index (χ1v) is 6.16. The third-order valence-corrected chi connectivity index (χ3v) is 3.05. The van der Waals surface area contributed by atoms with Gasteiger partial charge in [-0.15, -0.1) is 0 Å². The van der Waals surface area contributed by atoms with Gasteiger partial charge in [-0.25, -0.2) is 9.78 Å². The van der Waals surface area contributed by atoms with Crippen molar-refractivity contribution in [2.75, 3.05) is 5.32 Å². The second-order valence-corrected chi connectivity index (χ2v) is 4.52. The summed E-state index contributed by atoms with van der Waals surface area (Å²) in [6.45, 7) is 1.49. The van der Waals surface area contributed by atoms with E-state index in [9.17, 15) is 9.59 Å².